The van der Waals surface area contributed by atoms with Crippen molar-refractivity contribution in [3.8, 4) is 11.4 Å². The molecule has 4 heterocycles. The minimum absolute atomic E-state index is 0.198. The van der Waals surface area contributed by atoms with Crippen LogP contribution in [0.25, 0.3) is 5.69 Å². The highest BCUT2D eigenvalue weighted by Gasteiger charge is 2.45. The van der Waals surface area contributed by atoms with E-state index in [0.29, 0.717) is 30.3 Å². The standard InChI is InChI=1S/C38H45ClN8O5/c1-37(2,3)34(48)22-46-26-41-47(36(46)49)31-11-9-29(10-12-31)44-17-19-45(20-18-44)30-13-15-32(16-14-30)50-23-33-24-51-38(52-33,21-35-42-40-25-43(35)4)27-5-7-28(39)8-6-27/h5-16,25-26,33-34,48H,17-24H2,1-4H3. The van der Waals surface area contributed by atoms with E-state index in [1.807, 2.05) is 93.0 Å². The van der Waals surface area contributed by atoms with Crippen molar-refractivity contribution >= 4 is 23.0 Å². The van der Waals surface area contributed by atoms with E-state index in [9.17, 15) is 9.90 Å². The first kappa shape index (κ1) is 35.7. The highest BCUT2D eigenvalue weighted by atomic mass is 35.5. The molecule has 3 aromatic carbocycles. The summed E-state index contributed by atoms with van der Waals surface area (Å²) in [7, 11) is 1.90. The average Bonchev–Trinajstić information content (AvgIpc) is 3.86. The number of rotatable bonds is 11. The molecule has 0 aliphatic carbocycles. The number of nitrogens with zero attached hydrogens (tertiary/aromatic N) is 8. The zero-order valence-corrected chi connectivity index (χ0v) is 30.7. The Morgan fingerprint density at radius 2 is 1.54 bits per heavy atom. The number of aliphatic hydroxyl groups is 1. The summed E-state index contributed by atoms with van der Waals surface area (Å²) in [6.07, 6.45) is 2.60. The molecule has 274 valence electrons. The van der Waals surface area contributed by atoms with Gasteiger partial charge in [0.2, 0.25) is 5.79 Å². The molecule has 7 rings (SSSR count). The number of anilines is 2. The lowest BCUT2D eigenvalue weighted by Gasteiger charge is -2.37. The number of piperazine rings is 1. The highest BCUT2D eigenvalue weighted by Crippen LogP contribution is 2.38. The normalized spacial score (nSPS) is 20.0. The zero-order valence-electron chi connectivity index (χ0n) is 29.9. The van der Waals surface area contributed by atoms with Gasteiger partial charge in [-0.3, -0.25) is 4.57 Å². The second-order valence-corrected chi connectivity index (χ2v) is 14.9. The van der Waals surface area contributed by atoms with Gasteiger partial charge in [-0.25, -0.2) is 4.79 Å². The minimum atomic E-state index is -1.02. The Hall–Kier alpha value is -4.69. The van der Waals surface area contributed by atoms with Crippen molar-refractivity contribution in [2.45, 2.75) is 51.7 Å². The van der Waals surface area contributed by atoms with Gasteiger partial charge in [0.15, 0.2) is 0 Å². The van der Waals surface area contributed by atoms with Crippen LogP contribution in [-0.4, -0.2) is 85.8 Å². The first-order valence-electron chi connectivity index (χ1n) is 17.5. The number of ether oxygens (including phenoxy) is 3. The Morgan fingerprint density at radius 1 is 0.923 bits per heavy atom. The molecule has 52 heavy (non-hydrogen) atoms. The lowest BCUT2D eigenvalue weighted by molar-refractivity contribution is -0.179. The van der Waals surface area contributed by atoms with E-state index in [2.05, 4.69) is 37.2 Å². The van der Waals surface area contributed by atoms with Crippen molar-refractivity contribution in [3.05, 3.63) is 112 Å². The lowest BCUT2D eigenvalue weighted by atomic mass is 9.89. The summed E-state index contributed by atoms with van der Waals surface area (Å²) in [5.74, 6) is 0.490. The van der Waals surface area contributed by atoms with E-state index in [0.717, 1.165) is 54.7 Å². The molecule has 2 fully saturated rings. The molecular weight excluding hydrogens is 684 g/mol. The van der Waals surface area contributed by atoms with E-state index in [1.54, 1.807) is 6.33 Å². The maximum atomic E-state index is 13.0. The fourth-order valence-corrected chi connectivity index (χ4v) is 6.57. The second kappa shape index (κ2) is 14.7. The van der Waals surface area contributed by atoms with E-state index in [-0.39, 0.29) is 23.8 Å². The number of aryl methyl sites for hydroxylation is 1. The Kier molecular flexibility index (Phi) is 10.1. The van der Waals surface area contributed by atoms with Crippen molar-refractivity contribution in [1.82, 2.24) is 29.1 Å². The SMILES string of the molecule is Cn1cnnc1CC1(c2ccc(Cl)cc2)OCC(COc2ccc(N3CCN(c4ccc(-n5ncn(CC(O)C(C)(C)C)c5=O)cc4)CC3)cc2)O1. The molecule has 2 aliphatic rings. The highest BCUT2D eigenvalue weighted by molar-refractivity contribution is 6.30. The molecule has 3 unspecified atom stereocenters. The molecular formula is C38H45ClN8O5. The van der Waals surface area contributed by atoms with Crippen LogP contribution in [0.3, 0.4) is 0 Å². The third kappa shape index (κ3) is 7.73. The molecule has 2 saturated heterocycles. The van der Waals surface area contributed by atoms with Gasteiger partial charge in [-0.05, 0) is 66.1 Å². The minimum Gasteiger partial charge on any atom is -0.491 e. The fraction of sp³-hybridized carbons (Fsp3) is 0.421. The zero-order chi connectivity index (χ0) is 36.5. The van der Waals surface area contributed by atoms with Crippen LogP contribution in [0.4, 0.5) is 11.4 Å². The van der Waals surface area contributed by atoms with Gasteiger partial charge in [-0.15, -0.1) is 10.2 Å². The molecule has 1 N–H and O–H groups in total. The van der Waals surface area contributed by atoms with Crippen LogP contribution in [0.5, 0.6) is 5.75 Å². The lowest BCUT2D eigenvalue weighted by Crippen LogP contribution is -2.46. The maximum Gasteiger partial charge on any atom is 0.350 e. The first-order chi connectivity index (χ1) is 25.0. The topological polar surface area (TPSA) is 125 Å². The van der Waals surface area contributed by atoms with E-state index < -0.39 is 11.9 Å². The number of hydrogen-bond donors (Lipinski definition) is 1. The monoisotopic (exact) mass is 728 g/mol. The van der Waals surface area contributed by atoms with Crippen LogP contribution in [0.1, 0.15) is 32.2 Å². The molecule has 0 bridgehead atoms. The van der Waals surface area contributed by atoms with E-state index >= 15 is 0 Å². The molecule has 0 spiro atoms. The van der Waals surface area contributed by atoms with Gasteiger partial charge in [0.25, 0.3) is 0 Å². The summed E-state index contributed by atoms with van der Waals surface area (Å²) in [5.41, 5.74) is 3.18. The van der Waals surface area contributed by atoms with Crippen molar-refractivity contribution in [2.24, 2.45) is 12.5 Å². The summed E-state index contributed by atoms with van der Waals surface area (Å²) in [4.78, 5) is 17.7. The average molecular weight is 729 g/mol. The van der Waals surface area contributed by atoms with E-state index in [4.69, 9.17) is 25.8 Å². The number of aliphatic hydroxyl groups excluding tert-OH is 1. The van der Waals surface area contributed by atoms with Gasteiger partial charge in [0, 0.05) is 55.2 Å². The predicted molar refractivity (Wildman–Crippen MR) is 198 cm³/mol. The number of hydrogen-bond acceptors (Lipinski definition) is 10. The van der Waals surface area contributed by atoms with Gasteiger partial charge in [0.1, 0.15) is 36.9 Å². The Labute approximate surface area is 307 Å². The van der Waals surface area contributed by atoms with Crippen LogP contribution in [0.2, 0.25) is 5.02 Å². The molecule has 0 saturated carbocycles. The van der Waals surface area contributed by atoms with Crippen molar-refractivity contribution < 1.29 is 19.3 Å². The Morgan fingerprint density at radius 3 is 2.13 bits per heavy atom. The third-order valence-corrected chi connectivity index (χ3v) is 10.1. The van der Waals surface area contributed by atoms with Gasteiger partial charge in [-0.1, -0.05) is 44.5 Å². The molecule has 0 radical (unpaired) electrons. The van der Waals surface area contributed by atoms with Crippen LogP contribution in [-0.2, 0) is 35.3 Å². The molecule has 2 aromatic heterocycles. The van der Waals surface area contributed by atoms with Gasteiger partial charge < -0.3 is 33.7 Å². The summed E-state index contributed by atoms with van der Waals surface area (Å²) in [6, 6.07) is 23.6. The number of aromatic nitrogens is 6. The van der Waals surface area contributed by atoms with Crippen molar-refractivity contribution in [1.29, 1.82) is 0 Å². The molecule has 3 atom stereocenters. The van der Waals surface area contributed by atoms with E-state index in [1.165, 1.54) is 15.6 Å². The van der Waals surface area contributed by atoms with Gasteiger partial charge >= 0.3 is 5.69 Å². The smallest absolute Gasteiger partial charge is 0.350 e. The fourth-order valence-electron chi connectivity index (χ4n) is 6.44. The molecule has 14 heteroatoms. The quantitative estimate of drug-likeness (QED) is 0.209. The summed E-state index contributed by atoms with van der Waals surface area (Å²) in [5, 5.41) is 23.6. The maximum absolute atomic E-state index is 13.0. The summed E-state index contributed by atoms with van der Waals surface area (Å²) in [6.45, 7) is 10.2. The van der Waals surface area contributed by atoms with Crippen LogP contribution in [0.15, 0.2) is 90.2 Å². The second-order valence-electron chi connectivity index (χ2n) is 14.5. The molecule has 13 nitrogen and oxygen atoms in total. The summed E-state index contributed by atoms with van der Waals surface area (Å²) < 4.78 is 23.7. The first-order valence-corrected chi connectivity index (χ1v) is 17.9. The van der Waals surface area contributed by atoms with Gasteiger partial charge in [0.05, 0.1) is 31.4 Å². The number of halogens is 1. The largest absolute Gasteiger partial charge is 0.491 e. The Balaban J connectivity index is 0.911. The summed E-state index contributed by atoms with van der Waals surface area (Å²) >= 11 is 6.17. The Bertz CT molecular complexity index is 2000. The van der Waals surface area contributed by atoms with Crippen LogP contribution < -0.4 is 20.2 Å². The van der Waals surface area contributed by atoms with Gasteiger partial charge in [-0.2, -0.15) is 9.78 Å². The molecule has 0 amide bonds. The van der Waals surface area contributed by atoms with Crippen LogP contribution >= 0.6 is 11.6 Å². The third-order valence-electron chi connectivity index (χ3n) is 9.82. The number of benzene rings is 3. The van der Waals surface area contributed by atoms with Crippen LogP contribution in [0, 0.1) is 5.41 Å². The van der Waals surface area contributed by atoms with Crippen molar-refractivity contribution in [3.63, 3.8) is 0 Å². The molecule has 5 aromatic rings. The molecule has 2 aliphatic heterocycles. The predicted octanol–water partition coefficient (Wildman–Crippen LogP) is 4.44. The van der Waals surface area contributed by atoms with Crippen molar-refractivity contribution in [2.75, 3.05) is 49.2 Å².